The number of aromatic hydroxyl groups is 1. The number of hydrogen-bond donors (Lipinski definition) is 2. The van der Waals surface area contributed by atoms with Crippen LogP contribution in [0.15, 0.2) is 18.2 Å². The molecule has 1 fully saturated rings. The predicted octanol–water partition coefficient (Wildman–Crippen LogP) is 3.40. The summed E-state index contributed by atoms with van der Waals surface area (Å²) in [5.74, 6) is 0.683. The van der Waals surface area contributed by atoms with Gasteiger partial charge >= 0.3 is 0 Å². The summed E-state index contributed by atoms with van der Waals surface area (Å²) in [5, 5.41) is 12.7. The summed E-state index contributed by atoms with van der Waals surface area (Å²) in [6.07, 6.45) is 6.29. The molecule has 3 nitrogen and oxygen atoms in total. The highest BCUT2D eigenvalue weighted by atomic mass is 16.3. The quantitative estimate of drug-likeness (QED) is 0.876. The molecule has 0 aliphatic heterocycles. The van der Waals surface area contributed by atoms with Crippen LogP contribution in [-0.2, 0) is 0 Å². The second-order valence-electron chi connectivity index (χ2n) is 5.66. The molecule has 0 saturated heterocycles. The van der Waals surface area contributed by atoms with Gasteiger partial charge in [-0.25, -0.2) is 0 Å². The van der Waals surface area contributed by atoms with Gasteiger partial charge in [0, 0.05) is 11.6 Å². The number of hydrogen-bond acceptors (Lipinski definition) is 2. The Hall–Kier alpha value is -1.51. The van der Waals surface area contributed by atoms with Crippen molar-refractivity contribution in [3.8, 4) is 5.75 Å². The molecule has 104 valence electrons. The maximum absolute atomic E-state index is 12.1. The molecular formula is C16H23NO2. The van der Waals surface area contributed by atoms with E-state index >= 15 is 0 Å². The van der Waals surface area contributed by atoms with E-state index in [1.165, 1.54) is 38.2 Å². The van der Waals surface area contributed by atoms with Crippen molar-refractivity contribution in [1.82, 2.24) is 5.32 Å². The zero-order valence-electron chi connectivity index (χ0n) is 11.8. The third-order valence-corrected chi connectivity index (χ3v) is 4.19. The van der Waals surface area contributed by atoms with Crippen molar-refractivity contribution in [2.75, 3.05) is 0 Å². The van der Waals surface area contributed by atoms with E-state index in [4.69, 9.17) is 0 Å². The predicted molar refractivity (Wildman–Crippen MR) is 76.3 cm³/mol. The summed E-state index contributed by atoms with van der Waals surface area (Å²) in [6, 6.07) is 5.28. The molecular weight excluding hydrogens is 238 g/mol. The molecule has 1 aromatic rings. The van der Waals surface area contributed by atoms with Crippen molar-refractivity contribution in [3.05, 3.63) is 29.3 Å². The molecule has 0 heterocycles. The third kappa shape index (κ3) is 3.49. The smallest absolute Gasteiger partial charge is 0.251 e. The van der Waals surface area contributed by atoms with Gasteiger partial charge in [0.2, 0.25) is 0 Å². The van der Waals surface area contributed by atoms with Crippen molar-refractivity contribution in [2.24, 2.45) is 5.92 Å². The van der Waals surface area contributed by atoms with E-state index in [9.17, 15) is 9.90 Å². The fourth-order valence-corrected chi connectivity index (χ4v) is 2.79. The Labute approximate surface area is 115 Å². The lowest BCUT2D eigenvalue weighted by Crippen LogP contribution is -2.38. The fraction of sp³-hybridized carbons (Fsp3) is 0.562. The van der Waals surface area contributed by atoms with Crippen LogP contribution >= 0.6 is 0 Å². The second-order valence-corrected chi connectivity index (χ2v) is 5.66. The highest BCUT2D eigenvalue weighted by Gasteiger charge is 2.21. The van der Waals surface area contributed by atoms with Crippen LogP contribution in [0.3, 0.4) is 0 Å². The summed E-state index contributed by atoms with van der Waals surface area (Å²) in [4.78, 5) is 12.1. The molecule has 2 rings (SSSR count). The molecule has 0 spiro atoms. The van der Waals surface area contributed by atoms with E-state index in [0.29, 0.717) is 11.5 Å². The van der Waals surface area contributed by atoms with Crippen LogP contribution in [0.4, 0.5) is 0 Å². The van der Waals surface area contributed by atoms with E-state index < -0.39 is 0 Å². The Morgan fingerprint density at radius 3 is 2.63 bits per heavy atom. The van der Waals surface area contributed by atoms with Crippen LogP contribution in [0.25, 0.3) is 0 Å². The number of carbonyl (C=O) groups is 1. The zero-order valence-corrected chi connectivity index (χ0v) is 11.8. The molecule has 1 aliphatic carbocycles. The molecule has 3 heteroatoms. The summed E-state index contributed by atoms with van der Waals surface area (Å²) in [7, 11) is 0. The molecule has 1 aromatic carbocycles. The van der Waals surface area contributed by atoms with Crippen molar-refractivity contribution in [1.29, 1.82) is 0 Å². The molecule has 1 saturated carbocycles. The molecule has 2 N–H and O–H groups in total. The zero-order chi connectivity index (χ0) is 13.8. The van der Waals surface area contributed by atoms with Crippen LogP contribution in [0.5, 0.6) is 5.75 Å². The normalized spacial score (nSPS) is 18.0. The molecule has 0 aromatic heterocycles. The molecule has 1 unspecified atom stereocenters. The van der Waals surface area contributed by atoms with Crippen LogP contribution < -0.4 is 5.32 Å². The summed E-state index contributed by atoms with van der Waals surface area (Å²) in [6.45, 7) is 3.91. The molecule has 19 heavy (non-hydrogen) atoms. The van der Waals surface area contributed by atoms with Gasteiger partial charge in [-0.05, 0) is 50.3 Å². The van der Waals surface area contributed by atoms with Gasteiger partial charge in [-0.1, -0.05) is 25.3 Å². The molecule has 0 bridgehead atoms. The van der Waals surface area contributed by atoms with Gasteiger partial charge in [-0.3, -0.25) is 4.79 Å². The Morgan fingerprint density at radius 1 is 1.32 bits per heavy atom. The van der Waals surface area contributed by atoms with Gasteiger partial charge in [0.25, 0.3) is 5.91 Å². The van der Waals surface area contributed by atoms with E-state index in [-0.39, 0.29) is 17.7 Å². The Kier molecular flexibility index (Phi) is 4.46. The number of benzene rings is 1. The Bertz CT molecular complexity index is 450. The fourth-order valence-electron chi connectivity index (χ4n) is 2.79. The van der Waals surface area contributed by atoms with Gasteiger partial charge in [-0.15, -0.1) is 0 Å². The van der Waals surface area contributed by atoms with Crippen molar-refractivity contribution < 1.29 is 9.90 Å². The largest absolute Gasteiger partial charge is 0.508 e. The number of phenolic OH excluding ortho intramolecular Hbond substituents is 1. The lowest BCUT2D eigenvalue weighted by molar-refractivity contribution is 0.0919. The number of aryl methyl sites for hydroxylation is 1. The van der Waals surface area contributed by atoms with Crippen LogP contribution in [0.1, 0.15) is 54.9 Å². The molecule has 1 aliphatic rings. The van der Waals surface area contributed by atoms with Gasteiger partial charge in [0.1, 0.15) is 5.75 Å². The van der Waals surface area contributed by atoms with Gasteiger partial charge in [0.15, 0.2) is 0 Å². The highest BCUT2D eigenvalue weighted by Crippen LogP contribution is 2.26. The first-order chi connectivity index (χ1) is 9.08. The lowest BCUT2D eigenvalue weighted by atomic mass is 9.84. The van der Waals surface area contributed by atoms with E-state index in [2.05, 4.69) is 12.2 Å². The van der Waals surface area contributed by atoms with Gasteiger partial charge < -0.3 is 10.4 Å². The van der Waals surface area contributed by atoms with Gasteiger partial charge in [-0.2, -0.15) is 0 Å². The number of nitrogens with one attached hydrogen (secondary N) is 1. The maximum atomic E-state index is 12.1. The van der Waals surface area contributed by atoms with Crippen molar-refractivity contribution in [3.63, 3.8) is 0 Å². The van der Waals surface area contributed by atoms with E-state index in [1.54, 1.807) is 12.1 Å². The van der Waals surface area contributed by atoms with Crippen molar-refractivity contribution in [2.45, 2.75) is 52.0 Å². The topological polar surface area (TPSA) is 49.3 Å². The number of phenols is 1. The molecule has 1 amide bonds. The highest BCUT2D eigenvalue weighted by molar-refractivity contribution is 5.94. The maximum Gasteiger partial charge on any atom is 0.251 e. The average Bonchev–Trinajstić information content (AvgIpc) is 2.42. The first kappa shape index (κ1) is 13.9. The average molecular weight is 261 g/mol. The number of rotatable bonds is 3. The summed E-state index contributed by atoms with van der Waals surface area (Å²) >= 11 is 0. The first-order valence-electron chi connectivity index (χ1n) is 7.18. The van der Waals surface area contributed by atoms with E-state index in [0.717, 1.165) is 5.56 Å². The summed E-state index contributed by atoms with van der Waals surface area (Å²) in [5.41, 5.74) is 1.32. The number of carbonyl (C=O) groups excluding carboxylic acids is 1. The Morgan fingerprint density at radius 2 is 2.00 bits per heavy atom. The van der Waals surface area contributed by atoms with Gasteiger partial charge in [0.05, 0.1) is 0 Å². The Balaban J connectivity index is 1.97. The van der Waals surface area contributed by atoms with Crippen LogP contribution in [0, 0.1) is 12.8 Å². The van der Waals surface area contributed by atoms with Crippen LogP contribution in [-0.4, -0.2) is 17.1 Å². The standard InChI is InChI=1S/C16H23NO2/c1-11-8-9-14(10-15(11)18)16(19)17-12(2)13-6-4-3-5-7-13/h8-10,12-13,18H,3-7H2,1-2H3,(H,17,19). The van der Waals surface area contributed by atoms with Crippen LogP contribution in [0.2, 0.25) is 0 Å². The molecule has 1 atom stereocenters. The monoisotopic (exact) mass is 261 g/mol. The molecule has 0 radical (unpaired) electrons. The summed E-state index contributed by atoms with van der Waals surface area (Å²) < 4.78 is 0. The number of amides is 1. The minimum Gasteiger partial charge on any atom is -0.508 e. The minimum absolute atomic E-state index is 0.0895. The SMILES string of the molecule is Cc1ccc(C(=O)NC(C)C2CCCCC2)cc1O. The van der Waals surface area contributed by atoms with E-state index in [1.807, 2.05) is 6.92 Å². The minimum atomic E-state index is -0.0895. The van der Waals surface area contributed by atoms with Crippen molar-refractivity contribution >= 4 is 5.91 Å². The first-order valence-corrected chi connectivity index (χ1v) is 7.18. The second kappa shape index (κ2) is 6.09. The third-order valence-electron chi connectivity index (χ3n) is 4.19. The lowest BCUT2D eigenvalue weighted by Gasteiger charge is -2.28.